The summed E-state index contributed by atoms with van der Waals surface area (Å²) in [7, 11) is 8.45. The minimum Gasteiger partial charge on any atom is -0.383 e. The molecule has 72 heavy (non-hydrogen) atoms. The van der Waals surface area contributed by atoms with Crippen molar-refractivity contribution in [1.82, 2.24) is 9.80 Å². The molecular formula is C63H74N4O5. The number of rotatable bonds is 14. The number of morpholine rings is 2. The minimum atomic E-state index is -1.28. The van der Waals surface area contributed by atoms with Gasteiger partial charge in [-0.2, -0.15) is 0 Å². The van der Waals surface area contributed by atoms with Gasteiger partial charge in [-0.15, -0.1) is 0 Å². The van der Waals surface area contributed by atoms with E-state index in [2.05, 4.69) is 169 Å². The van der Waals surface area contributed by atoms with Gasteiger partial charge < -0.3 is 29.5 Å². The number of anilines is 2. The predicted molar refractivity (Wildman–Crippen MR) is 289 cm³/mol. The monoisotopic (exact) mass is 967 g/mol. The van der Waals surface area contributed by atoms with Crippen molar-refractivity contribution in [3.63, 3.8) is 0 Å². The van der Waals surface area contributed by atoms with E-state index in [1.165, 1.54) is 0 Å². The van der Waals surface area contributed by atoms with E-state index >= 15 is 4.79 Å². The Labute approximate surface area is 428 Å². The van der Waals surface area contributed by atoms with E-state index in [0.717, 1.165) is 96.6 Å². The summed E-state index contributed by atoms with van der Waals surface area (Å²) in [6.07, 6.45) is 5.48. The molecule has 4 aliphatic rings. The van der Waals surface area contributed by atoms with Crippen LogP contribution in [-0.4, -0.2) is 118 Å². The average molecular weight is 967 g/mol. The zero-order valence-electron chi connectivity index (χ0n) is 42.9. The Bertz CT molecular complexity index is 2570. The lowest BCUT2D eigenvalue weighted by molar-refractivity contribution is -0.144. The van der Waals surface area contributed by atoms with Crippen LogP contribution in [0.4, 0.5) is 11.4 Å². The Balaban J connectivity index is 1.08. The van der Waals surface area contributed by atoms with Crippen molar-refractivity contribution >= 4 is 17.2 Å². The maximum atomic E-state index is 16.1. The van der Waals surface area contributed by atoms with E-state index in [0.29, 0.717) is 63.2 Å². The number of hydrogen-bond donors (Lipinski definition) is 2. The van der Waals surface area contributed by atoms with Crippen LogP contribution in [0.3, 0.4) is 0 Å². The number of aliphatic hydroxyl groups is 2. The molecule has 6 atom stereocenters. The van der Waals surface area contributed by atoms with Crippen molar-refractivity contribution in [3.05, 3.63) is 202 Å². The number of carbonyl (C=O) groups excluding carboxylic acids is 1. The number of nitrogens with zero attached hydrogens (tertiary/aromatic N) is 4. The molecule has 0 spiro atoms. The number of benzene rings is 6. The molecular weight excluding hydrogens is 893 g/mol. The smallest absolute Gasteiger partial charge is 0.193 e. The van der Waals surface area contributed by atoms with Crippen LogP contribution in [0.15, 0.2) is 158 Å². The Kier molecular flexibility index (Phi) is 14.6. The first-order valence-corrected chi connectivity index (χ1v) is 26.5. The molecule has 9 heteroatoms. The van der Waals surface area contributed by atoms with E-state index in [9.17, 15) is 10.2 Å². The lowest BCUT2D eigenvalue weighted by Crippen LogP contribution is -2.66. The van der Waals surface area contributed by atoms with Gasteiger partial charge >= 0.3 is 0 Å². The second-order valence-corrected chi connectivity index (χ2v) is 21.4. The predicted octanol–water partition coefficient (Wildman–Crippen LogP) is 9.99. The van der Waals surface area contributed by atoms with Gasteiger partial charge in [-0.25, -0.2) is 0 Å². The summed E-state index contributed by atoms with van der Waals surface area (Å²) < 4.78 is 11.3. The lowest BCUT2D eigenvalue weighted by atomic mass is 9.55. The molecule has 2 saturated carbocycles. The van der Waals surface area contributed by atoms with Gasteiger partial charge in [-0.05, 0) is 137 Å². The molecule has 2 aliphatic heterocycles. The molecule has 2 saturated heterocycles. The van der Waals surface area contributed by atoms with Crippen LogP contribution in [0, 0.1) is 0 Å². The highest BCUT2D eigenvalue weighted by molar-refractivity contribution is 6.11. The van der Waals surface area contributed by atoms with Crippen molar-refractivity contribution in [3.8, 4) is 0 Å². The van der Waals surface area contributed by atoms with Crippen molar-refractivity contribution < 1.29 is 24.5 Å². The summed E-state index contributed by atoms with van der Waals surface area (Å²) in [6.45, 7) is 6.16. The molecule has 6 aromatic carbocycles. The van der Waals surface area contributed by atoms with Crippen molar-refractivity contribution in [1.29, 1.82) is 0 Å². The molecule has 2 aliphatic carbocycles. The van der Waals surface area contributed by atoms with E-state index in [4.69, 9.17) is 9.47 Å². The van der Waals surface area contributed by atoms with Crippen LogP contribution in [0.25, 0.3) is 0 Å². The Morgan fingerprint density at radius 3 is 1.21 bits per heavy atom. The normalized spacial score (nSPS) is 27.0. The van der Waals surface area contributed by atoms with E-state index in [1.54, 1.807) is 0 Å². The van der Waals surface area contributed by atoms with Gasteiger partial charge in [0.1, 0.15) is 11.2 Å². The topological polar surface area (TPSA) is 89.0 Å². The van der Waals surface area contributed by atoms with Crippen LogP contribution < -0.4 is 9.80 Å². The van der Waals surface area contributed by atoms with Gasteiger partial charge in [0, 0.05) is 60.5 Å². The fourth-order valence-corrected chi connectivity index (χ4v) is 14.0. The van der Waals surface area contributed by atoms with Gasteiger partial charge in [0.25, 0.3) is 0 Å². The minimum absolute atomic E-state index is 0.0334. The van der Waals surface area contributed by atoms with E-state index in [-0.39, 0.29) is 17.6 Å². The van der Waals surface area contributed by atoms with E-state index in [1.807, 2.05) is 36.4 Å². The molecule has 6 unspecified atom stereocenters. The molecule has 9 nitrogen and oxygen atoms in total. The maximum absolute atomic E-state index is 16.1. The highest BCUT2D eigenvalue weighted by Crippen LogP contribution is 2.58. The molecule has 2 N–H and O–H groups in total. The number of hydrogen-bond acceptors (Lipinski definition) is 9. The lowest BCUT2D eigenvalue weighted by Gasteiger charge is -2.59. The highest BCUT2D eigenvalue weighted by Gasteiger charge is 2.61. The Hall–Kier alpha value is -5.65. The largest absolute Gasteiger partial charge is 0.383 e. The quantitative estimate of drug-likeness (QED) is 0.104. The van der Waals surface area contributed by atoms with Gasteiger partial charge in [-0.3, -0.25) is 14.6 Å². The maximum Gasteiger partial charge on any atom is 0.193 e. The fraction of sp³-hybridized carbons (Fsp3) is 0.413. The Morgan fingerprint density at radius 1 is 0.500 bits per heavy atom. The summed E-state index contributed by atoms with van der Waals surface area (Å²) in [4.78, 5) is 25.3. The molecule has 0 aromatic heterocycles. The first-order valence-electron chi connectivity index (χ1n) is 26.5. The molecule has 10 rings (SSSR count). The second kappa shape index (κ2) is 21.1. The summed E-state index contributed by atoms with van der Waals surface area (Å²) in [5, 5.41) is 27.7. The zero-order chi connectivity index (χ0) is 49.9. The second-order valence-electron chi connectivity index (χ2n) is 21.4. The number of likely N-dealkylation sites (N-methyl/N-ethyl adjacent to an activating group) is 2. The molecule has 2 heterocycles. The van der Waals surface area contributed by atoms with E-state index < -0.39 is 22.3 Å². The third kappa shape index (κ3) is 8.90. The van der Waals surface area contributed by atoms with Gasteiger partial charge in [0.05, 0.1) is 37.5 Å². The van der Waals surface area contributed by atoms with Crippen LogP contribution in [0.5, 0.6) is 0 Å². The van der Waals surface area contributed by atoms with Crippen LogP contribution >= 0.6 is 0 Å². The first-order chi connectivity index (χ1) is 35.0. The van der Waals surface area contributed by atoms with Gasteiger partial charge in [-0.1, -0.05) is 133 Å². The third-order valence-corrected chi connectivity index (χ3v) is 17.5. The molecule has 6 aromatic rings. The van der Waals surface area contributed by atoms with Crippen molar-refractivity contribution in [2.75, 3.05) is 90.6 Å². The first kappa shape index (κ1) is 49.9. The standard InChI is InChI=1S/C63H74N4O5/c1-64(2)60(45-47-17-7-5-8-18-47)57(25-15-35-62(60,69)49-27-31-51(32-28-49)66-37-41-71-42-38-66)53-21-11-13-23-55(53)59(68)56-24-14-12-22-54(56)58-26-16-36-63(70,61(58,65(3)4)46-48-19-9-6-10-20-48)50-29-33-52(34-30-50)67-39-43-72-44-40-67/h5-14,17-24,27-34,57-58,69-70H,15-16,25-26,35-46H2,1-4H3. The summed E-state index contributed by atoms with van der Waals surface area (Å²) >= 11 is 0. The fourth-order valence-electron chi connectivity index (χ4n) is 14.0. The average Bonchev–Trinajstić information content (AvgIpc) is 3.43. The van der Waals surface area contributed by atoms with Crippen LogP contribution in [0.2, 0.25) is 0 Å². The number of ketones is 1. The van der Waals surface area contributed by atoms with Crippen LogP contribution in [-0.2, 0) is 33.5 Å². The van der Waals surface area contributed by atoms with Crippen molar-refractivity contribution in [2.24, 2.45) is 0 Å². The molecule has 4 fully saturated rings. The third-order valence-electron chi connectivity index (χ3n) is 17.5. The molecule has 0 bridgehead atoms. The van der Waals surface area contributed by atoms with Crippen molar-refractivity contribution in [2.45, 2.75) is 85.5 Å². The molecule has 0 radical (unpaired) electrons. The Morgan fingerprint density at radius 2 is 0.847 bits per heavy atom. The summed E-state index contributed by atoms with van der Waals surface area (Å²) in [5.41, 5.74) is 5.28. The zero-order valence-corrected chi connectivity index (χ0v) is 42.9. The molecule has 0 amide bonds. The van der Waals surface area contributed by atoms with Gasteiger partial charge in [0.2, 0.25) is 0 Å². The highest BCUT2D eigenvalue weighted by atomic mass is 16.5. The SMILES string of the molecule is CN(C)C1(Cc2ccccc2)C(c2ccccc2C(=O)c2ccccc2C2CCCC(O)(c3ccc(N4CCOCC4)cc3)C2(Cc2ccccc2)N(C)C)CCCC1(O)c1ccc(N2CCOCC2)cc1. The summed E-state index contributed by atoms with van der Waals surface area (Å²) in [6, 6.07) is 54.8. The van der Waals surface area contributed by atoms with Crippen LogP contribution in [0.1, 0.15) is 99.7 Å². The summed E-state index contributed by atoms with van der Waals surface area (Å²) in [5.74, 6) is -0.484. The van der Waals surface area contributed by atoms with Gasteiger partial charge in [0.15, 0.2) is 5.78 Å². The number of carbonyl (C=O) groups is 1. The number of ether oxygens (including phenoxy) is 2. The molecule has 376 valence electrons.